The van der Waals surface area contributed by atoms with Crippen molar-refractivity contribution in [1.29, 1.82) is 0 Å². The predicted molar refractivity (Wildman–Crippen MR) is 99.3 cm³/mol. The Hall–Kier alpha value is -2.41. The average molecular weight is 369 g/mol. The smallest absolute Gasteiger partial charge is 0.410 e. The number of aliphatic hydroxyl groups is 2. The van der Waals surface area contributed by atoms with Crippen LogP contribution in [0.15, 0.2) is 42.5 Å². The van der Waals surface area contributed by atoms with Gasteiger partial charge in [-0.2, -0.15) is 0 Å². The van der Waals surface area contributed by atoms with Crippen molar-refractivity contribution in [3.63, 3.8) is 0 Å². The molecule has 1 aliphatic carbocycles. The minimum absolute atomic E-state index is 0.0149. The van der Waals surface area contributed by atoms with Crippen LogP contribution in [0, 0.1) is 0 Å². The summed E-state index contributed by atoms with van der Waals surface area (Å²) in [7, 11) is 0. The van der Waals surface area contributed by atoms with E-state index < -0.39 is 18.8 Å². The molecule has 2 aliphatic rings. The molecule has 1 amide bonds. The second-order valence-electron chi connectivity index (χ2n) is 7.03. The molecule has 2 aromatic rings. The highest BCUT2D eigenvalue weighted by Crippen LogP contribution is 2.38. The van der Waals surface area contributed by atoms with Gasteiger partial charge in [0.1, 0.15) is 6.61 Å². The van der Waals surface area contributed by atoms with Gasteiger partial charge in [-0.3, -0.25) is 0 Å². The number of benzene rings is 2. The predicted octanol–water partition coefficient (Wildman–Crippen LogP) is 1.95. The zero-order valence-corrected chi connectivity index (χ0v) is 15.0. The average Bonchev–Trinajstić information content (AvgIpc) is 3.43. The van der Waals surface area contributed by atoms with Crippen molar-refractivity contribution in [3.8, 4) is 11.1 Å². The third-order valence-corrected chi connectivity index (χ3v) is 5.03. The number of nitrogens with zero attached hydrogens (tertiary/aromatic N) is 1. The lowest BCUT2D eigenvalue weighted by Crippen LogP contribution is -2.41. The van der Waals surface area contributed by atoms with Crippen LogP contribution in [0.3, 0.4) is 0 Å². The normalized spacial score (nSPS) is 17.8. The Kier molecular flexibility index (Phi) is 5.11. The van der Waals surface area contributed by atoms with E-state index in [1.54, 1.807) is 0 Å². The number of carbonyl (C=O) groups is 1. The van der Waals surface area contributed by atoms with Crippen molar-refractivity contribution >= 4 is 6.09 Å². The fourth-order valence-electron chi connectivity index (χ4n) is 3.54. The summed E-state index contributed by atoms with van der Waals surface area (Å²) in [4.78, 5) is 13.9. The topological polar surface area (TPSA) is 82.5 Å². The molecule has 2 unspecified atom stereocenters. The number of aliphatic hydroxyl groups excluding tert-OH is 2. The molecule has 0 radical (unpaired) electrons. The maximum atomic E-state index is 12.5. The van der Waals surface area contributed by atoms with Gasteiger partial charge in [0.05, 0.1) is 38.5 Å². The molecule has 1 fully saturated rings. The van der Waals surface area contributed by atoms with Crippen molar-refractivity contribution in [2.75, 3.05) is 26.3 Å². The number of hydrogen-bond donors (Lipinski definition) is 2. The van der Waals surface area contributed by atoms with E-state index in [2.05, 4.69) is 18.2 Å². The van der Waals surface area contributed by atoms with Crippen LogP contribution in [0.5, 0.6) is 0 Å². The fraction of sp³-hybridized carbons (Fsp3) is 0.381. The summed E-state index contributed by atoms with van der Waals surface area (Å²) in [5.41, 5.74) is 5.89. The third-order valence-electron chi connectivity index (χ3n) is 5.03. The van der Waals surface area contributed by atoms with Gasteiger partial charge in [-0.25, -0.2) is 4.79 Å². The molecule has 0 bridgehead atoms. The maximum Gasteiger partial charge on any atom is 0.410 e. The summed E-state index contributed by atoms with van der Waals surface area (Å²) in [6, 6.07) is 14.4. The number of amides is 1. The second kappa shape index (κ2) is 7.68. The van der Waals surface area contributed by atoms with Crippen LogP contribution < -0.4 is 0 Å². The van der Waals surface area contributed by atoms with Crippen LogP contribution in [0.2, 0.25) is 0 Å². The van der Waals surface area contributed by atoms with Crippen molar-refractivity contribution < 1.29 is 24.5 Å². The van der Waals surface area contributed by atoms with Gasteiger partial charge < -0.3 is 24.6 Å². The summed E-state index contributed by atoms with van der Waals surface area (Å²) >= 11 is 0. The minimum atomic E-state index is -0.994. The van der Waals surface area contributed by atoms with Crippen LogP contribution >= 0.6 is 0 Å². The van der Waals surface area contributed by atoms with Gasteiger partial charge >= 0.3 is 6.09 Å². The first-order chi connectivity index (χ1) is 13.2. The molecule has 0 aromatic heterocycles. The summed E-state index contributed by atoms with van der Waals surface area (Å²) < 4.78 is 10.7. The highest BCUT2D eigenvalue weighted by molar-refractivity contribution is 5.78. The summed E-state index contributed by atoms with van der Waals surface area (Å²) in [6.45, 7) is 0.748. The van der Waals surface area contributed by atoms with Gasteiger partial charge in [-0.05, 0) is 34.2 Å². The Bertz CT molecular complexity index is 833. The highest BCUT2D eigenvalue weighted by Gasteiger charge is 2.30. The fourth-order valence-corrected chi connectivity index (χ4v) is 3.54. The zero-order valence-electron chi connectivity index (χ0n) is 15.0. The van der Waals surface area contributed by atoms with Gasteiger partial charge in [0.2, 0.25) is 0 Å². The maximum absolute atomic E-state index is 12.5. The van der Waals surface area contributed by atoms with Gasteiger partial charge in [-0.15, -0.1) is 0 Å². The molecule has 2 N–H and O–H groups in total. The molecule has 0 spiro atoms. The molecule has 2 aromatic carbocycles. The monoisotopic (exact) mass is 369 g/mol. The van der Waals surface area contributed by atoms with Crippen molar-refractivity contribution in [2.24, 2.45) is 0 Å². The molecule has 1 saturated heterocycles. The van der Waals surface area contributed by atoms with Gasteiger partial charge in [-0.1, -0.05) is 42.5 Å². The Morgan fingerprint density at radius 3 is 2.78 bits per heavy atom. The molecule has 4 rings (SSSR count). The first-order valence-electron chi connectivity index (χ1n) is 9.17. The summed E-state index contributed by atoms with van der Waals surface area (Å²) in [5, 5.41) is 18.7. The third kappa shape index (κ3) is 3.98. The van der Waals surface area contributed by atoms with Crippen LogP contribution in [0.25, 0.3) is 11.1 Å². The quantitative estimate of drug-likeness (QED) is 0.622. The zero-order chi connectivity index (χ0) is 18.8. The lowest BCUT2D eigenvalue weighted by Gasteiger charge is -2.23. The molecule has 6 nitrogen and oxygen atoms in total. The molecule has 27 heavy (non-hydrogen) atoms. The van der Waals surface area contributed by atoms with E-state index in [1.807, 2.05) is 24.3 Å². The van der Waals surface area contributed by atoms with Crippen LogP contribution in [0.1, 0.15) is 16.7 Å². The first kappa shape index (κ1) is 18.0. The van der Waals surface area contributed by atoms with Gasteiger partial charge in [0, 0.05) is 0 Å². The van der Waals surface area contributed by atoms with Crippen molar-refractivity contribution in [1.82, 2.24) is 4.90 Å². The number of fused-ring (bicyclic) bond motifs is 3. The Morgan fingerprint density at radius 1 is 1.22 bits per heavy atom. The Labute approximate surface area is 157 Å². The van der Waals surface area contributed by atoms with Crippen LogP contribution in [0.4, 0.5) is 4.79 Å². The molecule has 1 heterocycles. The highest BCUT2D eigenvalue weighted by atomic mass is 16.6. The second-order valence-corrected chi connectivity index (χ2v) is 7.03. The standard InChI is InChI=1S/C21H23NO5/c23-11-16(24)9-22(10-17-13-26-17)21(25)27-12-15-5-3-7-19-18-6-2-1-4-14(18)8-20(15)19/h1-7,16-17,23-24H,8-13H2. The number of rotatable bonds is 7. The number of ether oxygens (including phenoxy) is 2. The summed E-state index contributed by atoms with van der Waals surface area (Å²) in [5.74, 6) is 0. The molecular weight excluding hydrogens is 346 g/mol. The Morgan fingerprint density at radius 2 is 2.00 bits per heavy atom. The van der Waals surface area contributed by atoms with Crippen LogP contribution in [-0.2, 0) is 22.5 Å². The molecule has 2 atom stereocenters. The Balaban J connectivity index is 1.44. The van der Waals surface area contributed by atoms with E-state index in [0.29, 0.717) is 13.2 Å². The lowest BCUT2D eigenvalue weighted by atomic mass is 10.0. The number of carbonyl (C=O) groups excluding carboxylic acids is 1. The largest absolute Gasteiger partial charge is 0.445 e. The van der Waals surface area contributed by atoms with Crippen molar-refractivity contribution in [3.05, 3.63) is 59.2 Å². The van der Waals surface area contributed by atoms with E-state index in [0.717, 1.165) is 12.0 Å². The van der Waals surface area contributed by atoms with E-state index in [1.165, 1.54) is 27.2 Å². The van der Waals surface area contributed by atoms with E-state index in [4.69, 9.17) is 14.6 Å². The molecule has 6 heteroatoms. The first-order valence-corrected chi connectivity index (χ1v) is 9.17. The lowest BCUT2D eigenvalue weighted by molar-refractivity contribution is 0.0424. The van der Waals surface area contributed by atoms with Crippen molar-refractivity contribution in [2.45, 2.75) is 25.2 Å². The van der Waals surface area contributed by atoms with E-state index in [-0.39, 0.29) is 19.3 Å². The van der Waals surface area contributed by atoms with Gasteiger partial charge in [0.25, 0.3) is 0 Å². The number of epoxide rings is 1. The van der Waals surface area contributed by atoms with E-state index >= 15 is 0 Å². The van der Waals surface area contributed by atoms with Crippen LogP contribution in [-0.4, -0.2) is 59.7 Å². The summed E-state index contributed by atoms with van der Waals surface area (Å²) in [6.07, 6.45) is -0.681. The number of hydrogen-bond acceptors (Lipinski definition) is 5. The van der Waals surface area contributed by atoms with E-state index in [9.17, 15) is 9.90 Å². The molecule has 1 aliphatic heterocycles. The van der Waals surface area contributed by atoms with Gasteiger partial charge in [0.15, 0.2) is 0 Å². The molecule has 142 valence electrons. The molecular formula is C21H23NO5. The molecule has 0 saturated carbocycles. The SMILES string of the molecule is O=C(OCc1cccc2c1Cc1ccccc1-2)N(CC(O)CO)CC1CO1. The minimum Gasteiger partial charge on any atom is -0.445 e.